The summed E-state index contributed by atoms with van der Waals surface area (Å²) in [4.78, 5) is 38.7. The molecule has 7 nitrogen and oxygen atoms in total. The summed E-state index contributed by atoms with van der Waals surface area (Å²) in [7, 11) is 3.28. The van der Waals surface area contributed by atoms with Crippen molar-refractivity contribution in [3.05, 3.63) is 82.2 Å². The number of aryl methyl sites for hydroxylation is 1. The molecule has 3 aromatic rings. The number of amides is 2. The fraction of sp³-hybridized carbons (Fsp3) is 0.250. The van der Waals surface area contributed by atoms with Gasteiger partial charge in [0.25, 0.3) is 17.6 Å². The van der Waals surface area contributed by atoms with Crippen molar-refractivity contribution in [2.75, 3.05) is 14.1 Å². The number of nitrogens with one attached hydrogen (secondary N) is 1. The van der Waals surface area contributed by atoms with Crippen molar-refractivity contribution in [3.8, 4) is 5.69 Å². The molecule has 0 unspecified atom stereocenters. The van der Waals surface area contributed by atoms with Crippen LogP contribution in [0.5, 0.6) is 0 Å². The minimum atomic E-state index is -4.53. The molecule has 2 amide bonds. The van der Waals surface area contributed by atoms with Crippen LogP contribution in [0.15, 0.2) is 48.5 Å². The lowest BCUT2D eigenvalue weighted by molar-refractivity contribution is -0.137. The van der Waals surface area contributed by atoms with Gasteiger partial charge in [-0.15, -0.1) is 0 Å². The molecule has 178 valence electrons. The molecule has 1 N–H and O–H groups in total. The summed E-state index contributed by atoms with van der Waals surface area (Å²) in [6.45, 7) is 3.08. The number of halogens is 3. The predicted molar refractivity (Wildman–Crippen MR) is 119 cm³/mol. The van der Waals surface area contributed by atoms with E-state index in [-0.39, 0.29) is 35.1 Å². The fourth-order valence-corrected chi connectivity index (χ4v) is 3.44. The van der Waals surface area contributed by atoms with E-state index in [1.54, 1.807) is 38.4 Å². The Morgan fingerprint density at radius 3 is 2.26 bits per heavy atom. The molecule has 0 radical (unpaired) electrons. The molecule has 2 aromatic carbocycles. The van der Waals surface area contributed by atoms with Gasteiger partial charge in [0.05, 0.1) is 28.2 Å². The maximum Gasteiger partial charge on any atom is 0.416 e. The van der Waals surface area contributed by atoms with Crippen LogP contribution in [0.2, 0.25) is 0 Å². The van der Waals surface area contributed by atoms with Crippen molar-refractivity contribution < 1.29 is 27.6 Å². The Labute approximate surface area is 194 Å². The molecule has 0 aliphatic heterocycles. The van der Waals surface area contributed by atoms with Crippen molar-refractivity contribution in [2.24, 2.45) is 0 Å². The largest absolute Gasteiger partial charge is 0.416 e. The van der Waals surface area contributed by atoms with Gasteiger partial charge < -0.3 is 10.2 Å². The van der Waals surface area contributed by atoms with E-state index in [0.29, 0.717) is 11.1 Å². The molecule has 0 aliphatic carbocycles. The van der Waals surface area contributed by atoms with Crippen molar-refractivity contribution >= 4 is 17.6 Å². The molecule has 3 rings (SSSR count). The highest BCUT2D eigenvalue weighted by molar-refractivity contribution is 6.43. The van der Waals surface area contributed by atoms with Crippen molar-refractivity contribution in [1.82, 2.24) is 20.0 Å². The van der Waals surface area contributed by atoms with Gasteiger partial charge in [0.1, 0.15) is 0 Å². The minimum Gasteiger partial charge on any atom is -0.345 e. The molecule has 0 saturated carbocycles. The van der Waals surface area contributed by atoms with Gasteiger partial charge in [0, 0.05) is 26.2 Å². The number of rotatable bonds is 6. The first-order valence-corrected chi connectivity index (χ1v) is 10.3. The molecule has 0 atom stereocenters. The number of hydrogen-bond donors (Lipinski definition) is 1. The van der Waals surface area contributed by atoms with Crippen molar-refractivity contribution in [2.45, 2.75) is 26.6 Å². The highest BCUT2D eigenvalue weighted by Gasteiger charge is 2.31. The molecule has 0 saturated heterocycles. The number of nitrogens with zero attached hydrogens (tertiary/aromatic N) is 3. The van der Waals surface area contributed by atoms with Crippen LogP contribution < -0.4 is 5.32 Å². The first-order chi connectivity index (χ1) is 15.9. The number of hydrogen-bond acceptors (Lipinski definition) is 4. The molecule has 0 bridgehead atoms. The average molecular weight is 472 g/mol. The Kier molecular flexibility index (Phi) is 6.90. The predicted octanol–water partition coefficient (Wildman–Crippen LogP) is 3.71. The molecule has 0 spiro atoms. The van der Waals surface area contributed by atoms with E-state index in [1.807, 2.05) is 0 Å². The third-order valence-electron chi connectivity index (χ3n) is 5.20. The third-order valence-corrected chi connectivity index (χ3v) is 5.20. The zero-order chi connectivity index (χ0) is 25.2. The second-order valence-corrected chi connectivity index (χ2v) is 7.91. The summed E-state index contributed by atoms with van der Waals surface area (Å²) in [5, 5.41) is 6.71. The maximum atomic E-state index is 13.1. The zero-order valence-electron chi connectivity index (χ0n) is 19.0. The van der Waals surface area contributed by atoms with Gasteiger partial charge in [0.2, 0.25) is 0 Å². The summed E-state index contributed by atoms with van der Waals surface area (Å²) in [5.41, 5.74) is 0.963. The lowest BCUT2D eigenvalue weighted by atomic mass is 10.1. The van der Waals surface area contributed by atoms with Crippen LogP contribution in [0, 0.1) is 13.8 Å². The normalized spacial score (nSPS) is 11.3. The van der Waals surface area contributed by atoms with Crippen LogP contribution in [0.25, 0.3) is 5.69 Å². The molecule has 10 heteroatoms. The van der Waals surface area contributed by atoms with E-state index < -0.39 is 23.4 Å². The van der Waals surface area contributed by atoms with Crippen molar-refractivity contribution in [1.29, 1.82) is 0 Å². The van der Waals surface area contributed by atoms with Crippen LogP contribution in [-0.2, 0) is 17.5 Å². The second kappa shape index (κ2) is 9.50. The van der Waals surface area contributed by atoms with Gasteiger partial charge in [-0.25, -0.2) is 4.68 Å². The smallest absolute Gasteiger partial charge is 0.345 e. The lowest BCUT2D eigenvalue weighted by Crippen LogP contribution is -2.31. The van der Waals surface area contributed by atoms with Gasteiger partial charge in [-0.1, -0.05) is 18.2 Å². The maximum absolute atomic E-state index is 13.1. The monoisotopic (exact) mass is 472 g/mol. The number of benzene rings is 2. The van der Waals surface area contributed by atoms with Crippen LogP contribution in [-0.4, -0.2) is 46.4 Å². The van der Waals surface area contributed by atoms with Crippen LogP contribution in [0.3, 0.4) is 0 Å². The number of ketones is 1. The number of Topliss-reactive ketones (excluding diaryl/α,β-unsaturated/α-hetero) is 1. The summed E-state index contributed by atoms with van der Waals surface area (Å²) in [6, 6.07) is 11.1. The average Bonchev–Trinajstić information content (AvgIpc) is 3.10. The molecule has 1 aromatic heterocycles. The summed E-state index contributed by atoms with van der Waals surface area (Å²) < 4.78 is 40.4. The summed E-state index contributed by atoms with van der Waals surface area (Å²) >= 11 is 0. The van der Waals surface area contributed by atoms with E-state index in [4.69, 9.17) is 0 Å². The molecular formula is C24H23F3N4O3. The summed E-state index contributed by atoms with van der Waals surface area (Å²) in [5.74, 6) is -1.87. The molecular weight excluding hydrogens is 449 g/mol. The Balaban J connectivity index is 1.76. The number of aromatic nitrogens is 2. The van der Waals surface area contributed by atoms with E-state index in [2.05, 4.69) is 10.4 Å². The number of alkyl halides is 3. The molecule has 0 fully saturated rings. The minimum absolute atomic E-state index is 0.0295. The zero-order valence-corrected chi connectivity index (χ0v) is 19.0. The molecule has 0 aliphatic rings. The number of carbonyl (C=O) groups excluding carboxylic acids is 3. The Bertz CT molecular complexity index is 1250. The first kappa shape index (κ1) is 24.7. The summed E-state index contributed by atoms with van der Waals surface area (Å²) in [6.07, 6.45) is -4.53. The fourth-order valence-electron chi connectivity index (χ4n) is 3.44. The van der Waals surface area contributed by atoms with Crippen LogP contribution in [0.4, 0.5) is 13.2 Å². The van der Waals surface area contributed by atoms with E-state index in [0.717, 1.165) is 12.1 Å². The standard InChI is InChI=1S/C24H23F3N4O3/c1-14-20(15(2)31(29-14)19-7-5-6-18(12-19)24(25,26)27)21(32)22(33)28-13-16-8-10-17(11-9-16)23(34)30(3)4/h5-12H,13H2,1-4H3,(H,28,33). The quantitative estimate of drug-likeness (QED) is 0.438. The van der Waals surface area contributed by atoms with E-state index in [9.17, 15) is 27.6 Å². The third kappa shape index (κ3) is 5.16. The Morgan fingerprint density at radius 2 is 1.68 bits per heavy atom. The number of carbonyl (C=O) groups is 3. The van der Waals surface area contributed by atoms with Crippen LogP contribution in [0.1, 0.15) is 43.2 Å². The SMILES string of the molecule is Cc1nn(-c2cccc(C(F)(F)F)c2)c(C)c1C(=O)C(=O)NCc1ccc(C(=O)N(C)C)cc1. The Hall–Kier alpha value is -3.95. The second-order valence-electron chi connectivity index (χ2n) is 7.91. The van der Waals surface area contributed by atoms with E-state index >= 15 is 0 Å². The van der Waals surface area contributed by atoms with Gasteiger partial charge in [-0.05, 0) is 49.7 Å². The van der Waals surface area contributed by atoms with Gasteiger partial charge >= 0.3 is 6.18 Å². The van der Waals surface area contributed by atoms with Gasteiger partial charge in [-0.2, -0.15) is 18.3 Å². The molecule has 34 heavy (non-hydrogen) atoms. The van der Waals surface area contributed by atoms with Crippen molar-refractivity contribution in [3.63, 3.8) is 0 Å². The Morgan fingerprint density at radius 1 is 1.03 bits per heavy atom. The highest BCUT2D eigenvalue weighted by atomic mass is 19.4. The first-order valence-electron chi connectivity index (χ1n) is 10.3. The highest BCUT2D eigenvalue weighted by Crippen LogP contribution is 2.31. The van der Waals surface area contributed by atoms with E-state index in [1.165, 1.54) is 35.6 Å². The van der Waals surface area contributed by atoms with Crippen LogP contribution >= 0.6 is 0 Å². The van der Waals surface area contributed by atoms with Gasteiger partial charge in [-0.3, -0.25) is 14.4 Å². The topological polar surface area (TPSA) is 84.3 Å². The molecule has 1 heterocycles. The lowest BCUT2D eigenvalue weighted by Gasteiger charge is -2.11. The van der Waals surface area contributed by atoms with Gasteiger partial charge in [0.15, 0.2) is 0 Å².